The molecule has 1 atom stereocenters. The van der Waals surface area contributed by atoms with E-state index < -0.39 is 12.3 Å². The number of carboxylic acid groups (broad SMARTS) is 1. The maximum absolute atomic E-state index is 11.1. The lowest BCUT2D eigenvalue weighted by atomic mass is 10.0. The van der Waals surface area contributed by atoms with E-state index in [4.69, 9.17) is 9.84 Å². The topological polar surface area (TPSA) is 49.8 Å². The number of thiophene rings is 1. The summed E-state index contributed by atoms with van der Waals surface area (Å²) in [4.78, 5) is 13.4. The number of para-hydroxylation sites is 1. The van der Waals surface area contributed by atoms with Crippen LogP contribution in [0.5, 0.6) is 5.75 Å². The molecule has 0 spiro atoms. The van der Waals surface area contributed by atoms with Crippen LogP contribution in [-0.4, -0.2) is 23.1 Å². The van der Waals surface area contributed by atoms with E-state index in [0.29, 0.717) is 0 Å². The highest BCUT2D eigenvalue weighted by atomic mass is 32.1. The zero-order chi connectivity index (χ0) is 12.7. The van der Waals surface area contributed by atoms with Gasteiger partial charge in [-0.3, -0.25) is 4.90 Å². The molecular formula is C13H11NO3S. The lowest BCUT2D eigenvalue weighted by molar-refractivity contribution is 0.0437. The van der Waals surface area contributed by atoms with Gasteiger partial charge in [0.15, 0.2) is 0 Å². The second kappa shape index (κ2) is 4.03. The third kappa shape index (κ3) is 1.55. The molecule has 0 saturated carbocycles. The Morgan fingerprint density at radius 3 is 2.94 bits per heavy atom. The Kier molecular flexibility index (Phi) is 2.48. The first-order chi connectivity index (χ1) is 8.68. The van der Waals surface area contributed by atoms with Crippen molar-refractivity contribution in [2.75, 3.05) is 7.05 Å². The normalized spacial score (nSPS) is 16.4. The largest absolute Gasteiger partial charge is 0.465 e. The summed E-state index contributed by atoms with van der Waals surface area (Å²) in [6.07, 6.45) is -1.57. The van der Waals surface area contributed by atoms with Gasteiger partial charge in [-0.15, -0.1) is 11.3 Å². The lowest BCUT2D eigenvalue weighted by Gasteiger charge is -2.31. The Labute approximate surface area is 108 Å². The Morgan fingerprint density at radius 2 is 2.17 bits per heavy atom. The fourth-order valence-electron chi connectivity index (χ4n) is 2.06. The van der Waals surface area contributed by atoms with Crippen LogP contribution in [0, 0.1) is 0 Å². The minimum Gasteiger partial charge on any atom is -0.465 e. The minimum atomic E-state index is -1.00. The van der Waals surface area contributed by atoms with Crippen LogP contribution < -0.4 is 4.74 Å². The number of nitrogens with zero attached hydrogens (tertiary/aromatic N) is 1. The molecule has 1 aromatic heterocycles. The molecule has 5 heteroatoms. The number of carbonyl (C=O) groups is 1. The first kappa shape index (κ1) is 11.1. The van der Waals surface area contributed by atoms with Crippen molar-refractivity contribution in [2.45, 2.75) is 6.23 Å². The van der Waals surface area contributed by atoms with E-state index in [2.05, 4.69) is 0 Å². The molecule has 1 aliphatic heterocycles. The van der Waals surface area contributed by atoms with E-state index in [9.17, 15) is 4.79 Å². The van der Waals surface area contributed by atoms with Crippen molar-refractivity contribution in [3.8, 4) is 16.2 Å². The number of benzene rings is 1. The van der Waals surface area contributed by atoms with E-state index in [0.717, 1.165) is 21.8 Å². The number of rotatable bonds is 1. The number of hydrogen-bond donors (Lipinski definition) is 1. The first-order valence-electron chi connectivity index (χ1n) is 5.47. The van der Waals surface area contributed by atoms with E-state index >= 15 is 0 Å². The summed E-state index contributed by atoms with van der Waals surface area (Å²) in [6, 6.07) is 9.60. The molecular weight excluding hydrogens is 250 g/mol. The fraction of sp³-hybridized carbons (Fsp3) is 0.154. The molecule has 2 aromatic rings. The van der Waals surface area contributed by atoms with Crippen LogP contribution in [0.3, 0.4) is 0 Å². The fourth-order valence-corrected chi connectivity index (χ4v) is 3.01. The quantitative estimate of drug-likeness (QED) is 0.855. The van der Waals surface area contributed by atoms with Crippen molar-refractivity contribution in [1.29, 1.82) is 0 Å². The van der Waals surface area contributed by atoms with Crippen LogP contribution in [0.25, 0.3) is 10.4 Å². The van der Waals surface area contributed by atoms with Crippen molar-refractivity contribution < 1.29 is 14.6 Å². The van der Waals surface area contributed by atoms with Gasteiger partial charge >= 0.3 is 6.09 Å². The summed E-state index contributed by atoms with van der Waals surface area (Å²) in [5.74, 6) is 0.727. The number of hydrogen-bond acceptors (Lipinski definition) is 3. The summed E-state index contributed by atoms with van der Waals surface area (Å²) >= 11 is 1.60. The summed E-state index contributed by atoms with van der Waals surface area (Å²) in [5, 5.41) is 11.1. The molecule has 0 saturated heterocycles. The monoisotopic (exact) mass is 261 g/mol. The molecule has 92 valence electrons. The molecule has 18 heavy (non-hydrogen) atoms. The van der Waals surface area contributed by atoms with Crippen molar-refractivity contribution in [3.63, 3.8) is 0 Å². The predicted octanol–water partition coefficient (Wildman–Crippen LogP) is 3.42. The molecule has 0 bridgehead atoms. The van der Waals surface area contributed by atoms with Gasteiger partial charge in [0.25, 0.3) is 0 Å². The summed E-state index contributed by atoms with van der Waals surface area (Å²) < 4.78 is 5.79. The number of fused-ring (bicyclic) bond motifs is 3. The second-order valence-electron chi connectivity index (χ2n) is 4.06. The van der Waals surface area contributed by atoms with Gasteiger partial charge in [0.05, 0.1) is 0 Å². The highest BCUT2D eigenvalue weighted by molar-refractivity contribution is 7.13. The third-order valence-corrected chi connectivity index (χ3v) is 3.95. The Hall–Kier alpha value is -2.01. The van der Waals surface area contributed by atoms with Crippen LogP contribution in [-0.2, 0) is 0 Å². The van der Waals surface area contributed by atoms with Crippen LogP contribution in [0.2, 0.25) is 0 Å². The third-order valence-electron chi connectivity index (χ3n) is 2.99. The predicted molar refractivity (Wildman–Crippen MR) is 68.9 cm³/mol. The molecule has 0 aliphatic carbocycles. The highest BCUT2D eigenvalue weighted by Crippen LogP contribution is 2.45. The standard InChI is InChI=1S/C13H11NO3S/c1-14(13(15)16)12-9-6-7-18-11(9)8-4-2-3-5-10(8)17-12/h2-7,12H,1H3,(H,15,16). The summed E-state index contributed by atoms with van der Waals surface area (Å²) in [5.41, 5.74) is 1.93. The van der Waals surface area contributed by atoms with Gasteiger partial charge in [-0.2, -0.15) is 0 Å². The van der Waals surface area contributed by atoms with Crippen LogP contribution >= 0.6 is 11.3 Å². The number of amides is 1. The summed E-state index contributed by atoms with van der Waals surface area (Å²) in [7, 11) is 1.52. The second-order valence-corrected chi connectivity index (χ2v) is 4.98. The van der Waals surface area contributed by atoms with E-state index in [1.54, 1.807) is 11.3 Å². The molecule has 0 fully saturated rings. The molecule has 1 unspecified atom stereocenters. The molecule has 1 N–H and O–H groups in total. The van der Waals surface area contributed by atoms with Gasteiger partial charge in [0.1, 0.15) is 5.75 Å². The first-order valence-corrected chi connectivity index (χ1v) is 6.35. The molecule has 2 heterocycles. The molecule has 1 amide bonds. The smallest absolute Gasteiger partial charge is 0.410 e. The molecule has 4 nitrogen and oxygen atoms in total. The van der Waals surface area contributed by atoms with Crippen molar-refractivity contribution in [3.05, 3.63) is 41.3 Å². The van der Waals surface area contributed by atoms with E-state index in [-0.39, 0.29) is 0 Å². The van der Waals surface area contributed by atoms with Crippen LogP contribution in [0.1, 0.15) is 11.8 Å². The van der Waals surface area contributed by atoms with E-state index in [1.165, 1.54) is 11.9 Å². The highest BCUT2D eigenvalue weighted by Gasteiger charge is 2.31. The average Bonchev–Trinajstić information content (AvgIpc) is 2.86. The zero-order valence-electron chi connectivity index (χ0n) is 9.66. The maximum Gasteiger partial charge on any atom is 0.410 e. The average molecular weight is 261 g/mol. The Balaban J connectivity index is 2.12. The van der Waals surface area contributed by atoms with Gasteiger partial charge in [-0.1, -0.05) is 12.1 Å². The van der Waals surface area contributed by atoms with E-state index in [1.807, 2.05) is 35.7 Å². The van der Waals surface area contributed by atoms with Crippen molar-refractivity contribution in [1.82, 2.24) is 4.90 Å². The van der Waals surface area contributed by atoms with Gasteiger partial charge in [0.2, 0.25) is 6.23 Å². The van der Waals surface area contributed by atoms with Crippen LogP contribution in [0.4, 0.5) is 4.79 Å². The van der Waals surface area contributed by atoms with Crippen molar-refractivity contribution in [2.24, 2.45) is 0 Å². The number of ether oxygens (including phenoxy) is 1. The van der Waals surface area contributed by atoms with Gasteiger partial charge in [-0.25, -0.2) is 4.79 Å². The Morgan fingerprint density at radius 1 is 1.39 bits per heavy atom. The summed E-state index contributed by atoms with van der Waals surface area (Å²) in [6.45, 7) is 0. The van der Waals surface area contributed by atoms with Crippen LogP contribution in [0.15, 0.2) is 35.7 Å². The van der Waals surface area contributed by atoms with Gasteiger partial charge < -0.3 is 9.84 Å². The minimum absolute atomic E-state index is 0.571. The maximum atomic E-state index is 11.1. The molecule has 1 aliphatic rings. The van der Waals surface area contributed by atoms with Gasteiger partial charge in [0, 0.05) is 23.1 Å². The molecule has 0 radical (unpaired) electrons. The molecule has 3 rings (SSSR count). The SMILES string of the molecule is CN(C(=O)O)C1Oc2ccccc2-c2sccc21. The van der Waals surface area contributed by atoms with Gasteiger partial charge in [-0.05, 0) is 23.6 Å². The molecule has 1 aromatic carbocycles. The Bertz CT molecular complexity index is 608. The van der Waals surface area contributed by atoms with Crippen molar-refractivity contribution >= 4 is 17.4 Å². The zero-order valence-corrected chi connectivity index (χ0v) is 10.5. The lowest BCUT2D eigenvalue weighted by Crippen LogP contribution is -2.34.